The SMILES string of the molecule is CC(CN)S(=O)(=O)NCC1CCCOC1. The van der Waals surface area contributed by atoms with E-state index >= 15 is 0 Å². The van der Waals surface area contributed by atoms with Gasteiger partial charge in [0, 0.05) is 19.7 Å². The molecule has 1 saturated heterocycles. The first kappa shape index (κ1) is 12.9. The second-order valence-electron chi connectivity index (χ2n) is 4.02. The molecule has 0 aromatic heterocycles. The highest BCUT2D eigenvalue weighted by Crippen LogP contribution is 2.12. The number of ether oxygens (including phenoxy) is 1. The molecule has 0 aromatic rings. The van der Waals surface area contributed by atoms with Gasteiger partial charge in [-0.05, 0) is 25.7 Å². The molecule has 1 aliphatic rings. The van der Waals surface area contributed by atoms with Gasteiger partial charge in [-0.25, -0.2) is 13.1 Å². The zero-order chi connectivity index (χ0) is 11.3. The van der Waals surface area contributed by atoms with Crippen LogP contribution in [0.3, 0.4) is 0 Å². The summed E-state index contributed by atoms with van der Waals surface area (Å²) in [5, 5.41) is -0.526. The molecule has 5 nitrogen and oxygen atoms in total. The zero-order valence-electron chi connectivity index (χ0n) is 9.11. The Hall–Kier alpha value is -0.170. The summed E-state index contributed by atoms with van der Waals surface area (Å²) in [6, 6.07) is 0. The van der Waals surface area contributed by atoms with E-state index in [0.717, 1.165) is 19.4 Å². The molecule has 2 unspecified atom stereocenters. The van der Waals surface area contributed by atoms with Crippen LogP contribution < -0.4 is 10.5 Å². The molecule has 0 saturated carbocycles. The number of hydrogen-bond donors (Lipinski definition) is 2. The highest BCUT2D eigenvalue weighted by Gasteiger charge is 2.21. The van der Waals surface area contributed by atoms with Gasteiger partial charge in [-0.1, -0.05) is 0 Å². The van der Waals surface area contributed by atoms with Gasteiger partial charge >= 0.3 is 0 Å². The highest BCUT2D eigenvalue weighted by atomic mass is 32.2. The van der Waals surface area contributed by atoms with Crippen LogP contribution in [0.1, 0.15) is 19.8 Å². The molecule has 6 heteroatoms. The predicted octanol–water partition coefficient (Wildman–Crippen LogP) is -0.320. The van der Waals surface area contributed by atoms with Gasteiger partial charge in [-0.2, -0.15) is 0 Å². The molecular weight excluding hydrogens is 216 g/mol. The van der Waals surface area contributed by atoms with E-state index in [1.165, 1.54) is 0 Å². The van der Waals surface area contributed by atoms with Crippen LogP contribution in [-0.2, 0) is 14.8 Å². The van der Waals surface area contributed by atoms with Crippen molar-refractivity contribution in [3.8, 4) is 0 Å². The van der Waals surface area contributed by atoms with Crippen molar-refractivity contribution in [3.63, 3.8) is 0 Å². The van der Waals surface area contributed by atoms with E-state index in [9.17, 15) is 8.42 Å². The molecule has 1 fully saturated rings. The monoisotopic (exact) mass is 236 g/mol. The third-order valence-electron chi connectivity index (χ3n) is 2.69. The minimum Gasteiger partial charge on any atom is -0.381 e. The third-order valence-corrected chi connectivity index (χ3v) is 4.51. The minimum atomic E-state index is -3.24. The topological polar surface area (TPSA) is 81.4 Å². The van der Waals surface area contributed by atoms with Crippen LogP contribution in [0.5, 0.6) is 0 Å². The van der Waals surface area contributed by atoms with Crippen molar-refractivity contribution < 1.29 is 13.2 Å². The lowest BCUT2D eigenvalue weighted by Crippen LogP contribution is -2.40. The van der Waals surface area contributed by atoms with Gasteiger partial charge in [-0.3, -0.25) is 0 Å². The number of sulfonamides is 1. The van der Waals surface area contributed by atoms with Crippen molar-refractivity contribution in [1.29, 1.82) is 0 Å². The van der Waals surface area contributed by atoms with E-state index < -0.39 is 15.3 Å². The lowest BCUT2D eigenvalue weighted by Gasteiger charge is -2.23. The van der Waals surface area contributed by atoms with E-state index in [1.54, 1.807) is 6.92 Å². The fourth-order valence-electron chi connectivity index (χ4n) is 1.47. The smallest absolute Gasteiger partial charge is 0.215 e. The second kappa shape index (κ2) is 5.79. The minimum absolute atomic E-state index is 0.149. The van der Waals surface area contributed by atoms with Gasteiger partial charge in [0.25, 0.3) is 0 Å². The van der Waals surface area contributed by atoms with Crippen molar-refractivity contribution in [3.05, 3.63) is 0 Å². The van der Waals surface area contributed by atoms with Gasteiger partial charge in [0.2, 0.25) is 10.0 Å². The Balaban J connectivity index is 2.35. The summed E-state index contributed by atoms with van der Waals surface area (Å²) in [7, 11) is -3.24. The van der Waals surface area contributed by atoms with Crippen LogP contribution >= 0.6 is 0 Å². The number of nitrogens with one attached hydrogen (secondary N) is 1. The second-order valence-corrected chi connectivity index (χ2v) is 6.21. The van der Waals surface area contributed by atoms with Crippen molar-refractivity contribution in [2.45, 2.75) is 25.0 Å². The molecule has 0 amide bonds. The predicted molar refractivity (Wildman–Crippen MR) is 59.0 cm³/mol. The van der Waals surface area contributed by atoms with Crippen molar-refractivity contribution in [2.24, 2.45) is 11.7 Å². The Morgan fingerprint density at radius 1 is 1.60 bits per heavy atom. The van der Waals surface area contributed by atoms with Crippen molar-refractivity contribution in [2.75, 3.05) is 26.3 Å². The molecule has 0 aliphatic carbocycles. The molecule has 1 aliphatic heterocycles. The molecular formula is C9H20N2O3S. The first-order chi connectivity index (χ1) is 7.06. The maximum atomic E-state index is 11.6. The van der Waals surface area contributed by atoms with Crippen molar-refractivity contribution >= 4 is 10.0 Å². The Morgan fingerprint density at radius 3 is 2.87 bits per heavy atom. The first-order valence-electron chi connectivity index (χ1n) is 5.32. The molecule has 2 atom stereocenters. The molecule has 0 spiro atoms. The third kappa shape index (κ3) is 4.06. The van der Waals surface area contributed by atoms with Crippen molar-refractivity contribution in [1.82, 2.24) is 4.72 Å². The van der Waals surface area contributed by atoms with Gasteiger partial charge in [0.05, 0.1) is 11.9 Å². The average Bonchev–Trinajstić information content (AvgIpc) is 2.27. The quantitative estimate of drug-likeness (QED) is 0.685. The number of rotatable bonds is 5. The summed E-state index contributed by atoms with van der Waals surface area (Å²) >= 11 is 0. The molecule has 15 heavy (non-hydrogen) atoms. The molecule has 3 N–H and O–H groups in total. The summed E-state index contributed by atoms with van der Waals surface area (Å²) in [6.07, 6.45) is 2.04. The number of hydrogen-bond acceptors (Lipinski definition) is 4. The van der Waals surface area contributed by atoms with Gasteiger partial charge in [-0.15, -0.1) is 0 Å². The van der Waals surface area contributed by atoms with E-state index in [0.29, 0.717) is 19.1 Å². The fraction of sp³-hybridized carbons (Fsp3) is 1.00. The van der Waals surface area contributed by atoms with E-state index in [-0.39, 0.29) is 6.54 Å². The maximum Gasteiger partial charge on any atom is 0.215 e. The maximum absolute atomic E-state index is 11.6. The molecule has 0 radical (unpaired) electrons. The fourth-order valence-corrected chi connectivity index (χ4v) is 2.48. The van der Waals surface area contributed by atoms with Crippen LogP contribution in [0.15, 0.2) is 0 Å². The Morgan fingerprint density at radius 2 is 2.33 bits per heavy atom. The van der Waals surface area contributed by atoms with E-state index in [4.69, 9.17) is 10.5 Å². The Labute approximate surface area is 91.4 Å². The summed E-state index contributed by atoms with van der Waals surface area (Å²) in [5.74, 6) is 0.304. The van der Waals surface area contributed by atoms with Crippen LogP contribution in [0, 0.1) is 5.92 Å². The van der Waals surface area contributed by atoms with Crippen LogP contribution in [-0.4, -0.2) is 40.0 Å². The van der Waals surface area contributed by atoms with Crippen LogP contribution in [0.2, 0.25) is 0 Å². The first-order valence-corrected chi connectivity index (χ1v) is 6.87. The van der Waals surface area contributed by atoms with Gasteiger partial charge in [0.1, 0.15) is 0 Å². The van der Waals surface area contributed by atoms with Gasteiger partial charge < -0.3 is 10.5 Å². The molecule has 1 heterocycles. The Kier molecular flexibility index (Phi) is 4.98. The molecule has 90 valence electrons. The zero-order valence-corrected chi connectivity index (χ0v) is 9.92. The Bertz CT molecular complexity index is 273. The highest BCUT2D eigenvalue weighted by molar-refractivity contribution is 7.90. The lowest BCUT2D eigenvalue weighted by atomic mass is 10.0. The lowest BCUT2D eigenvalue weighted by molar-refractivity contribution is 0.0567. The normalized spacial score (nSPS) is 25.1. The summed E-state index contributed by atoms with van der Waals surface area (Å²) in [5.41, 5.74) is 5.32. The largest absolute Gasteiger partial charge is 0.381 e. The van der Waals surface area contributed by atoms with Gasteiger partial charge in [0.15, 0.2) is 0 Å². The van der Waals surface area contributed by atoms with E-state index in [2.05, 4.69) is 4.72 Å². The van der Waals surface area contributed by atoms with Crippen LogP contribution in [0.4, 0.5) is 0 Å². The van der Waals surface area contributed by atoms with E-state index in [1.807, 2.05) is 0 Å². The average molecular weight is 236 g/mol. The molecule has 1 rings (SSSR count). The number of nitrogens with two attached hydrogens (primary N) is 1. The summed E-state index contributed by atoms with van der Waals surface area (Å²) in [4.78, 5) is 0. The molecule has 0 aromatic carbocycles. The summed E-state index contributed by atoms with van der Waals surface area (Å²) < 4.78 is 31.0. The molecule has 0 bridgehead atoms. The standard InChI is InChI=1S/C9H20N2O3S/c1-8(5-10)15(12,13)11-6-9-3-2-4-14-7-9/h8-9,11H,2-7,10H2,1H3. The summed E-state index contributed by atoms with van der Waals surface area (Å²) in [6.45, 7) is 3.67. The van der Waals surface area contributed by atoms with Crippen LogP contribution in [0.25, 0.3) is 0 Å².